The Hall–Kier alpha value is -2.08. The zero-order chi connectivity index (χ0) is 16.0. The SMILES string of the molecule is Cc1c([C@H]2OCC[C@@H]2NC(=O)[C@@H]2C[C@@H]2c2ccco2)cnn1C. The number of rotatable bonds is 4. The average Bonchev–Trinajstić information content (AvgIpc) is 2.90. The summed E-state index contributed by atoms with van der Waals surface area (Å²) < 4.78 is 13.1. The predicted octanol–water partition coefficient (Wildman–Crippen LogP) is 2.07. The summed E-state index contributed by atoms with van der Waals surface area (Å²) in [6.45, 7) is 2.69. The summed E-state index contributed by atoms with van der Waals surface area (Å²) in [5.41, 5.74) is 2.14. The highest BCUT2D eigenvalue weighted by Crippen LogP contribution is 2.48. The van der Waals surface area contributed by atoms with Gasteiger partial charge in [0.25, 0.3) is 0 Å². The minimum absolute atomic E-state index is 0.0169. The largest absolute Gasteiger partial charge is 0.469 e. The maximum atomic E-state index is 12.5. The average molecular weight is 315 g/mol. The van der Waals surface area contributed by atoms with Crippen molar-refractivity contribution >= 4 is 5.91 Å². The van der Waals surface area contributed by atoms with Gasteiger partial charge in [0.05, 0.1) is 18.5 Å². The quantitative estimate of drug-likeness (QED) is 0.938. The molecular weight excluding hydrogens is 294 g/mol. The summed E-state index contributed by atoms with van der Waals surface area (Å²) in [5, 5.41) is 7.45. The summed E-state index contributed by atoms with van der Waals surface area (Å²) in [6, 6.07) is 3.83. The van der Waals surface area contributed by atoms with E-state index in [0.29, 0.717) is 6.61 Å². The molecule has 1 aliphatic heterocycles. The molecule has 4 atom stereocenters. The Labute approximate surface area is 134 Å². The van der Waals surface area contributed by atoms with E-state index >= 15 is 0 Å². The number of nitrogens with one attached hydrogen (secondary N) is 1. The topological polar surface area (TPSA) is 69.3 Å². The van der Waals surface area contributed by atoms with Crippen LogP contribution in [0.2, 0.25) is 0 Å². The van der Waals surface area contributed by atoms with Gasteiger partial charge in [0, 0.05) is 36.7 Å². The van der Waals surface area contributed by atoms with E-state index in [4.69, 9.17) is 9.15 Å². The molecule has 1 amide bonds. The number of hydrogen-bond donors (Lipinski definition) is 1. The molecule has 0 bridgehead atoms. The highest BCUT2D eigenvalue weighted by molar-refractivity contribution is 5.83. The molecule has 0 radical (unpaired) electrons. The van der Waals surface area contributed by atoms with Gasteiger partial charge in [-0.25, -0.2) is 0 Å². The Bertz CT molecular complexity index is 707. The molecule has 1 aliphatic carbocycles. The molecule has 23 heavy (non-hydrogen) atoms. The van der Waals surface area contributed by atoms with Crippen molar-refractivity contribution in [3.8, 4) is 0 Å². The van der Waals surface area contributed by atoms with E-state index in [1.165, 1.54) is 0 Å². The third-order valence-corrected chi connectivity index (χ3v) is 5.03. The molecule has 4 rings (SSSR count). The van der Waals surface area contributed by atoms with Gasteiger partial charge in [-0.15, -0.1) is 0 Å². The normalized spacial score (nSPS) is 29.7. The highest BCUT2D eigenvalue weighted by Gasteiger charge is 2.47. The molecule has 6 heteroatoms. The minimum Gasteiger partial charge on any atom is -0.469 e. The van der Waals surface area contributed by atoms with Crippen LogP contribution in [0.15, 0.2) is 29.0 Å². The van der Waals surface area contributed by atoms with Crippen LogP contribution in [0.1, 0.15) is 41.9 Å². The first-order valence-electron chi connectivity index (χ1n) is 8.09. The number of carbonyl (C=O) groups is 1. The monoisotopic (exact) mass is 315 g/mol. The van der Waals surface area contributed by atoms with Crippen LogP contribution in [0.4, 0.5) is 0 Å². The van der Waals surface area contributed by atoms with Crippen LogP contribution in [0.25, 0.3) is 0 Å². The number of ether oxygens (including phenoxy) is 1. The molecule has 3 heterocycles. The molecule has 0 spiro atoms. The summed E-state index contributed by atoms with van der Waals surface area (Å²) in [4.78, 5) is 12.5. The lowest BCUT2D eigenvalue weighted by Crippen LogP contribution is -2.38. The van der Waals surface area contributed by atoms with E-state index < -0.39 is 0 Å². The van der Waals surface area contributed by atoms with Gasteiger partial charge < -0.3 is 14.5 Å². The lowest BCUT2D eigenvalue weighted by atomic mass is 10.0. The van der Waals surface area contributed by atoms with E-state index in [1.807, 2.05) is 37.0 Å². The molecular formula is C17H21N3O3. The summed E-state index contributed by atoms with van der Waals surface area (Å²) in [5.74, 6) is 1.27. The van der Waals surface area contributed by atoms with Gasteiger partial charge >= 0.3 is 0 Å². The fourth-order valence-electron chi connectivity index (χ4n) is 3.43. The Kier molecular flexibility index (Phi) is 3.49. The van der Waals surface area contributed by atoms with Crippen LogP contribution in [0.5, 0.6) is 0 Å². The standard InChI is InChI=1S/C17H21N3O3/c1-10-13(9-18-20(10)2)16-14(5-7-23-16)19-17(21)12-8-11(12)15-4-3-6-22-15/h3-4,6,9,11-12,14,16H,5,7-8H2,1-2H3,(H,19,21)/t11-,12+,14-,16+/m0/s1. The van der Waals surface area contributed by atoms with Gasteiger partial charge in [-0.05, 0) is 31.9 Å². The Morgan fingerprint density at radius 2 is 2.35 bits per heavy atom. The lowest BCUT2D eigenvalue weighted by Gasteiger charge is -2.20. The van der Waals surface area contributed by atoms with Gasteiger partial charge in [-0.1, -0.05) is 0 Å². The van der Waals surface area contributed by atoms with Crippen molar-refractivity contribution in [2.24, 2.45) is 13.0 Å². The molecule has 2 aromatic rings. The number of hydrogen-bond acceptors (Lipinski definition) is 4. The first-order chi connectivity index (χ1) is 11.1. The molecule has 1 saturated carbocycles. The molecule has 1 saturated heterocycles. The second kappa shape index (κ2) is 5.53. The number of nitrogens with zero attached hydrogens (tertiary/aromatic N) is 2. The van der Waals surface area contributed by atoms with Crippen LogP contribution in [0.3, 0.4) is 0 Å². The summed E-state index contributed by atoms with van der Waals surface area (Å²) >= 11 is 0. The number of furan rings is 1. The van der Waals surface area contributed by atoms with Gasteiger partial charge in [0.1, 0.15) is 11.9 Å². The molecule has 1 N–H and O–H groups in total. The number of amides is 1. The molecule has 6 nitrogen and oxygen atoms in total. The van der Waals surface area contributed by atoms with Crippen LogP contribution in [-0.2, 0) is 16.6 Å². The van der Waals surface area contributed by atoms with Crippen LogP contribution in [0, 0.1) is 12.8 Å². The molecule has 0 unspecified atom stereocenters. The highest BCUT2D eigenvalue weighted by atomic mass is 16.5. The summed E-state index contributed by atoms with van der Waals surface area (Å²) in [7, 11) is 1.92. The molecule has 2 aliphatic rings. The Morgan fingerprint density at radius 3 is 3.04 bits per heavy atom. The maximum Gasteiger partial charge on any atom is 0.224 e. The van der Waals surface area contributed by atoms with Gasteiger partial charge in [0.15, 0.2) is 0 Å². The molecule has 2 aromatic heterocycles. The maximum absolute atomic E-state index is 12.5. The molecule has 2 fully saturated rings. The smallest absolute Gasteiger partial charge is 0.224 e. The first-order valence-corrected chi connectivity index (χ1v) is 8.09. The van der Waals surface area contributed by atoms with Crippen molar-refractivity contribution in [1.82, 2.24) is 15.1 Å². The van der Waals surface area contributed by atoms with E-state index in [0.717, 1.165) is 29.9 Å². The fourth-order valence-corrected chi connectivity index (χ4v) is 3.43. The fraction of sp³-hybridized carbons (Fsp3) is 0.529. The Morgan fingerprint density at radius 1 is 1.48 bits per heavy atom. The zero-order valence-electron chi connectivity index (χ0n) is 13.4. The number of carbonyl (C=O) groups excluding carboxylic acids is 1. The lowest BCUT2D eigenvalue weighted by molar-refractivity contribution is -0.123. The van der Waals surface area contributed by atoms with Gasteiger partial charge in [0.2, 0.25) is 5.91 Å². The number of aryl methyl sites for hydroxylation is 1. The van der Waals surface area contributed by atoms with Crippen LogP contribution < -0.4 is 5.32 Å². The third-order valence-electron chi connectivity index (χ3n) is 5.03. The van der Waals surface area contributed by atoms with Crippen LogP contribution in [-0.4, -0.2) is 28.3 Å². The zero-order valence-corrected chi connectivity index (χ0v) is 13.4. The van der Waals surface area contributed by atoms with E-state index in [1.54, 1.807) is 6.26 Å². The molecule has 122 valence electrons. The van der Waals surface area contributed by atoms with Crippen molar-refractivity contribution in [2.75, 3.05) is 6.61 Å². The first kappa shape index (κ1) is 14.5. The minimum atomic E-state index is -0.103. The van der Waals surface area contributed by atoms with Crippen molar-refractivity contribution in [3.05, 3.63) is 41.6 Å². The van der Waals surface area contributed by atoms with Crippen molar-refractivity contribution < 1.29 is 13.9 Å². The van der Waals surface area contributed by atoms with Gasteiger partial charge in [-0.3, -0.25) is 9.48 Å². The summed E-state index contributed by atoms with van der Waals surface area (Å²) in [6.07, 6.45) is 5.10. The van der Waals surface area contributed by atoms with E-state index in [2.05, 4.69) is 10.4 Å². The van der Waals surface area contributed by atoms with Crippen molar-refractivity contribution in [2.45, 2.75) is 37.8 Å². The van der Waals surface area contributed by atoms with E-state index in [9.17, 15) is 4.79 Å². The van der Waals surface area contributed by atoms with Gasteiger partial charge in [-0.2, -0.15) is 5.10 Å². The Balaban J connectivity index is 1.42. The predicted molar refractivity (Wildman–Crippen MR) is 82.7 cm³/mol. The van der Waals surface area contributed by atoms with Crippen LogP contribution >= 0.6 is 0 Å². The third kappa shape index (κ3) is 2.57. The second-order valence-electron chi connectivity index (χ2n) is 6.47. The number of aromatic nitrogens is 2. The van der Waals surface area contributed by atoms with Crippen molar-refractivity contribution in [1.29, 1.82) is 0 Å². The molecule has 0 aromatic carbocycles. The van der Waals surface area contributed by atoms with Crippen molar-refractivity contribution in [3.63, 3.8) is 0 Å². The second-order valence-corrected chi connectivity index (χ2v) is 6.47. The van der Waals surface area contributed by atoms with E-state index in [-0.39, 0.29) is 29.9 Å².